The maximum atomic E-state index is 11.9. The van der Waals surface area contributed by atoms with E-state index >= 15 is 0 Å². The smallest absolute Gasteiger partial charge is 0.294 e. The molecule has 3 aromatic carbocycles. The van der Waals surface area contributed by atoms with Crippen molar-refractivity contribution in [2.24, 2.45) is 0 Å². The van der Waals surface area contributed by atoms with Gasteiger partial charge in [-0.3, -0.25) is 13.7 Å². The van der Waals surface area contributed by atoms with Gasteiger partial charge in [0.25, 0.3) is 30.4 Å². The number of aryl methyl sites for hydroxylation is 1. The SMILES string of the molecule is Cc1c2nc(c(-c3ccc(S(=O)(=O)O)cc3)c3ccc([nH]3)c(-c3ccc(S(=O)(=O)O)cc3)c3nc(c(-c4ccc(S(=O)(=O)O)cc4)c4ccc1[nH]4)C=C3)C=C2. The maximum Gasteiger partial charge on any atom is 0.294 e. The number of hydrogen-bond donors (Lipinski definition) is 5. The molecule has 0 amide bonds. The molecule has 55 heavy (non-hydrogen) atoms. The fraction of sp³-hybridized carbons (Fsp3) is 0.0256. The van der Waals surface area contributed by atoms with Crippen LogP contribution in [0.3, 0.4) is 0 Å². The lowest BCUT2D eigenvalue weighted by Gasteiger charge is -2.07. The summed E-state index contributed by atoms with van der Waals surface area (Å²) in [4.78, 5) is 16.1. The third-order valence-corrected chi connectivity index (χ3v) is 11.9. The predicted molar refractivity (Wildman–Crippen MR) is 209 cm³/mol. The number of fused-ring (bicyclic) bond motifs is 8. The van der Waals surface area contributed by atoms with Gasteiger partial charge in [-0.05, 0) is 114 Å². The van der Waals surface area contributed by atoms with Crippen LogP contribution in [0, 0.1) is 6.92 Å². The summed E-state index contributed by atoms with van der Waals surface area (Å²) in [6.45, 7) is 1.91. The Labute approximate surface area is 314 Å². The first-order chi connectivity index (χ1) is 26.0. The zero-order valence-corrected chi connectivity index (χ0v) is 30.9. The van der Waals surface area contributed by atoms with E-state index in [4.69, 9.17) is 9.97 Å². The molecule has 8 bridgehead atoms. The second-order valence-corrected chi connectivity index (χ2v) is 17.0. The Morgan fingerprint density at radius 3 is 1.00 bits per heavy atom. The molecule has 0 saturated carbocycles. The number of aromatic amines is 2. The van der Waals surface area contributed by atoms with Crippen molar-refractivity contribution >= 4 is 76.7 Å². The molecular weight excluding hydrogens is 765 g/mol. The molecule has 13 nitrogen and oxygen atoms in total. The van der Waals surface area contributed by atoms with Crippen molar-refractivity contribution in [2.45, 2.75) is 21.6 Å². The third kappa shape index (κ3) is 6.82. The highest BCUT2D eigenvalue weighted by atomic mass is 32.2. The molecule has 0 saturated heterocycles. The van der Waals surface area contributed by atoms with Crippen LogP contribution in [0.25, 0.3) is 79.8 Å². The molecule has 0 unspecified atom stereocenters. The van der Waals surface area contributed by atoms with Gasteiger partial charge in [-0.2, -0.15) is 25.3 Å². The Kier molecular flexibility index (Phi) is 8.56. The van der Waals surface area contributed by atoms with Gasteiger partial charge in [-0.25, -0.2) is 9.97 Å². The number of rotatable bonds is 6. The average Bonchev–Trinajstić information content (AvgIpc) is 3.97. The van der Waals surface area contributed by atoms with Gasteiger partial charge in [-0.15, -0.1) is 0 Å². The van der Waals surface area contributed by atoms with Crippen LogP contribution in [0.4, 0.5) is 0 Å². The molecule has 5 heterocycles. The van der Waals surface area contributed by atoms with Crippen LogP contribution in [0.2, 0.25) is 0 Å². The number of aromatic nitrogens is 4. The number of nitrogens with one attached hydrogen (secondary N) is 2. The molecule has 8 rings (SSSR count). The summed E-state index contributed by atoms with van der Waals surface area (Å²) in [5, 5.41) is 0. The fourth-order valence-corrected chi connectivity index (χ4v) is 8.08. The van der Waals surface area contributed by atoms with E-state index in [0.717, 1.165) is 11.1 Å². The van der Waals surface area contributed by atoms with E-state index < -0.39 is 30.4 Å². The van der Waals surface area contributed by atoms with Crippen molar-refractivity contribution in [3.8, 4) is 33.4 Å². The molecule has 2 aliphatic heterocycles. The van der Waals surface area contributed by atoms with Gasteiger partial charge in [0, 0.05) is 38.8 Å². The normalized spacial score (nSPS) is 13.0. The van der Waals surface area contributed by atoms with Gasteiger partial charge in [0.1, 0.15) is 0 Å². The van der Waals surface area contributed by atoms with Crippen LogP contribution in [0.15, 0.2) is 112 Å². The van der Waals surface area contributed by atoms with Crippen molar-refractivity contribution in [2.75, 3.05) is 0 Å². The van der Waals surface area contributed by atoms with Crippen molar-refractivity contribution in [3.63, 3.8) is 0 Å². The first-order valence-corrected chi connectivity index (χ1v) is 20.7. The van der Waals surface area contributed by atoms with Gasteiger partial charge in [0.2, 0.25) is 0 Å². The van der Waals surface area contributed by atoms with Gasteiger partial charge in [0.15, 0.2) is 0 Å². The molecule has 16 heteroatoms. The van der Waals surface area contributed by atoms with Crippen LogP contribution in [0.1, 0.15) is 28.3 Å². The van der Waals surface area contributed by atoms with Crippen molar-refractivity contribution in [1.29, 1.82) is 0 Å². The number of hydrogen-bond acceptors (Lipinski definition) is 8. The Balaban J connectivity index is 1.50. The van der Waals surface area contributed by atoms with E-state index in [9.17, 15) is 38.9 Å². The minimum Gasteiger partial charge on any atom is -0.355 e. The summed E-state index contributed by atoms with van der Waals surface area (Å²) < 4.78 is 100. The second kappa shape index (κ2) is 13.1. The van der Waals surface area contributed by atoms with E-state index in [0.29, 0.717) is 72.7 Å². The van der Waals surface area contributed by atoms with Crippen LogP contribution in [0.5, 0.6) is 0 Å². The first kappa shape index (κ1) is 36.0. The highest BCUT2D eigenvalue weighted by Gasteiger charge is 2.20. The Hall–Kier alpha value is -6.01. The van der Waals surface area contributed by atoms with E-state index in [1.807, 2.05) is 43.3 Å². The van der Waals surface area contributed by atoms with E-state index in [1.165, 1.54) is 36.4 Å². The van der Waals surface area contributed by atoms with E-state index in [1.54, 1.807) is 48.6 Å². The molecule has 3 aromatic heterocycles. The topological polar surface area (TPSA) is 220 Å². The Bertz CT molecular complexity index is 3080. The lowest BCUT2D eigenvalue weighted by molar-refractivity contribution is 0.481. The lowest BCUT2D eigenvalue weighted by atomic mass is 10.0. The Morgan fingerprint density at radius 2 is 0.673 bits per heavy atom. The highest BCUT2D eigenvalue weighted by Crippen LogP contribution is 2.37. The van der Waals surface area contributed by atoms with Crippen molar-refractivity contribution in [1.82, 2.24) is 19.9 Å². The fourth-order valence-electron chi connectivity index (χ4n) is 6.64. The molecule has 6 aromatic rings. The van der Waals surface area contributed by atoms with Crippen LogP contribution >= 0.6 is 0 Å². The van der Waals surface area contributed by atoms with Crippen LogP contribution < -0.4 is 0 Å². The molecule has 0 fully saturated rings. The summed E-state index contributed by atoms with van der Waals surface area (Å²) in [5.74, 6) is 0. The molecule has 5 N–H and O–H groups in total. The zero-order valence-electron chi connectivity index (χ0n) is 28.5. The minimum atomic E-state index is -4.49. The summed E-state index contributed by atoms with van der Waals surface area (Å²) >= 11 is 0. The van der Waals surface area contributed by atoms with Gasteiger partial charge >= 0.3 is 0 Å². The molecule has 0 aliphatic carbocycles. The highest BCUT2D eigenvalue weighted by molar-refractivity contribution is 7.86. The minimum absolute atomic E-state index is 0.271. The van der Waals surface area contributed by atoms with E-state index in [-0.39, 0.29) is 14.7 Å². The van der Waals surface area contributed by atoms with Crippen molar-refractivity contribution in [3.05, 3.63) is 125 Å². The summed E-state index contributed by atoms with van der Waals surface area (Å²) in [7, 11) is -13.4. The van der Waals surface area contributed by atoms with E-state index in [2.05, 4.69) is 9.97 Å². The molecular formula is C39H28N4O9S3. The molecule has 276 valence electrons. The van der Waals surface area contributed by atoms with Gasteiger partial charge in [-0.1, -0.05) is 36.4 Å². The van der Waals surface area contributed by atoms with Crippen molar-refractivity contribution < 1.29 is 38.9 Å². The first-order valence-electron chi connectivity index (χ1n) is 16.4. The molecule has 0 spiro atoms. The number of H-pyrrole nitrogens is 2. The number of nitrogens with zero attached hydrogens (tertiary/aromatic N) is 2. The Morgan fingerprint density at radius 1 is 0.400 bits per heavy atom. The maximum absolute atomic E-state index is 11.9. The summed E-state index contributed by atoms with van der Waals surface area (Å²) in [5.41, 5.74) is 9.06. The molecule has 0 atom stereocenters. The standard InChI is InChI=1S/C39H28N4O9S3/c1-22-29-14-16-31(40-29)37(23-2-8-26(9-3-23)53(44,45)46)33-18-20-35(42-33)39(25-6-12-28(13-7-25)55(50,51)52)36-21-19-34(43-36)38(32-17-15-30(22)41-32)24-4-10-27(11-5-24)54(47,48)49/h2-21,40,43H,1H3,(H,44,45,46)(H,47,48,49)(H,50,51,52). The quantitative estimate of drug-likeness (QED) is 0.103. The van der Waals surface area contributed by atoms with Crippen LogP contribution in [-0.2, 0) is 30.4 Å². The predicted octanol–water partition coefficient (Wildman–Crippen LogP) is 7.71. The van der Waals surface area contributed by atoms with Gasteiger partial charge < -0.3 is 9.97 Å². The largest absolute Gasteiger partial charge is 0.355 e. The second-order valence-electron chi connectivity index (χ2n) is 12.8. The monoisotopic (exact) mass is 792 g/mol. The number of benzene rings is 3. The summed E-state index contributed by atoms with van der Waals surface area (Å²) in [6, 6.07) is 24.5. The molecule has 2 aliphatic rings. The lowest BCUT2D eigenvalue weighted by Crippen LogP contribution is -1.97. The zero-order chi connectivity index (χ0) is 38.9. The van der Waals surface area contributed by atoms with Crippen LogP contribution in [-0.4, -0.2) is 58.8 Å². The summed E-state index contributed by atoms with van der Waals surface area (Å²) in [6.07, 6.45) is 7.28. The van der Waals surface area contributed by atoms with Gasteiger partial charge in [0.05, 0.1) is 37.5 Å². The third-order valence-electron chi connectivity index (χ3n) is 9.34. The average molecular weight is 793 g/mol. The molecule has 0 radical (unpaired) electrons.